The summed E-state index contributed by atoms with van der Waals surface area (Å²) in [6.45, 7) is 9.33. The van der Waals surface area contributed by atoms with Crippen LogP contribution in [0, 0.1) is 0 Å². The fourth-order valence-electron chi connectivity index (χ4n) is 3.10. The Morgan fingerprint density at radius 1 is 1.08 bits per heavy atom. The molecule has 1 N–H and O–H groups in total. The number of ether oxygens (including phenoxy) is 1. The van der Waals surface area contributed by atoms with E-state index in [4.69, 9.17) is 4.74 Å². The largest absolute Gasteiger partial charge is 0.449 e. The first-order valence-corrected chi connectivity index (χ1v) is 8.66. The van der Waals surface area contributed by atoms with Gasteiger partial charge in [-0.15, -0.1) is 0 Å². The van der Waals surface area contributed by atoms with E-state index in [2.05, 4.69) is 5.32 Å². The van der Waals surface area contributed by atoms with E-state index in [-0.39, 0.29) is 23.9 Å². The van der Waals surface area contributed by atoms with Crippen molar-refractivity contribution in [2.45, 2.75) is 65.6 Å². The molecule has 1 aliphatic rings. The monoisotopic (exact) mass is 346 g/mol. The van der Waals surface area contributed by atoms with Crippen molar-refractivity contribution in [2.24, 2.45) is 0 Å². The number of esters is 1. The molecule has 0 saturated heterocycles. The number of benzene rings is 1. The van der Waals surface area contributed by atoms with Crippen LogP contribution in [-0.2, 0) is 20.7 Å². The molecule has 136 valence electrons. The maximum atomic E-state index is 12.6. The highest BCUT2D eigenvalue weighted by atomic mass is 16.5. The van der Waals surface area contributed by atoms with Gasteiger partial charge in [0.15, 0.2) is 6.10 Å². The zero-order valence-electron chi connectivity index (χ0n) is 15.5. The lowest BCUT2D eigenvalue weighted by Gasteiger charge is -2.32. The Balaban J connectivity index is 2.09. The van der Waals surface area contributed by atoms with Gasteiger partial charge in [0.25, 0.3) is 5.91 Å². The normalized spacial score (nSPS) is 14.8. The lowest BCUT2D eigenvalue weighted by Crippen LogP contribution is -2.47. The van der Waals surface area contributed by atoms with Crippen LogP contribution in [0.2, 0.25) is 0 Å². The van der Waals surface area contributed by atoms with Crippen LogP contribution < -0.4 is 5.32 Å². The Labute approximate surface area is 148 Å². The molecule has 2 amide bonds. The molecule has 6 nitrogen and oxygen atoms in total. The third-order valence-electron chi connectivity index (χ3n) is 4.24. The zero-order chi connectivity index (χ0) is 18.7. The summed E-state index contributed by atoms with van der Waals surface area (Å²) in [4.78, 5) is 38.1. The van der Waals surface area contributed by atoms with Crippen molar-refractivity contribution in [3.8, 4) is 0 Å². The molecular weight excluding hydrogens is 320 g/mol. The van der Waals surface area contributed by atoms with Crippen molar-refractivity contribution in [3.63, 3.8) is 0 Å². The number of rotatable bonds is 5. The number of anilines is 1. The second kappa shape index (κ2) is 7.68. The lowest BCUT2D eigenvalue weighted by atomic mass is 10.0. The van der Waals surface area contributed by atoms with E-state index < -0.39 is 12.1 Å². The summed E-state index contributed by atoms with van der Waals surface area (Å²) in [6.07, 6.45) is 0.136. The highest BCUT2D eigenvalue weighted by Gasteiger charge is 2.28. The molecule has 25 heavy (non-hydrogen) atoms. The summed E-state index contributed by atoms with van der Waals surface area (Å²) >= 11 is 0. The van der Waals surface area contributed by atoms with E-state index in [0.29, 0.717) is 18.4 Å². The van der Waals surface area contributed by atoms with Crippen LogP contribution in [-0.4, -0.2) is 40.9 Å². The first-order valence-electron chi connectivity index (χ1n) is 8.66. The van der Waals surface area contributed by atoms with E-state index in [1.165, 1.54) is 0 Å². The summed E-state index contributed by atoms with van der Waals surface area (Å²) in [5.74, 6) is -0.763. The van der Waals surface area contributed by atoms with Crippen LogP contribution in [0.5, 0.6) is 0 Å². The van der Waals surface area contributed by atoms with Gasteiger partial charge in [-0.05, 0) is 64.8 Å². The maximum absolute atomic E-state index is 12.6. The number of fused-ring (bicyclic) bond motifs is 1. The van der Waals surface area contributed by atoms with Crippen LogP contribution >= 0.6 is 0 Å². The van der Waals surface area contributed by atoms with Crippen LogP contribution in [0.25, 0.3) is 0 Å². The van der Waals surface area contributed by atoms with E-state index in [1.54, 1.807) is 30.0 Å². The Kier molecular flexibility index (Phi) is 5.82. The minimum absolute atomic E-state index is 0.0236. The maximum Gasteiger partial charge on any atom is 0.338 e. The van der Waals surface area contributed by atoms with Gasteiger partial charge in [-0.1, -0.05) is 0 Å². The fraction of sp³-hybridized carbons (Fsp3) is 0.526. The number of carbonyl (C=O) groups is 3. The van der Waals surface area contributed by atoms with Crippen molar-refractivity contribution >= 4 is 23.5 Å². The molecule has 0 saturated carbocycles. The molecule has 1 aliphatic heterocycles. The topological polar surface area (TPSA) is 75.7 Å². The zero-order valence-corrected chi connectivity index (χ0v) is 15.5. The SMILES string of the molecule is CC(OC(=O)c1ccc2c(c1)CCC(=O)N2)C(=O)N(C(C)C)C(C)C. The second-order valence-corrected chi connectivity index (χ2v) is 6.90. The molecule has 0 radical (unpaired) electrons. The predicted molar refractivity (Wildman–Crippen MR) is 95.4 cm³/mol. The van der Waals surface area contributed by atoms with Gasteiger partial charge in [-0.3, -0.25) is 9.59 Å². The van der Waals surface area contributed by atoms with Crippen LogP contribution in [0.1, 0.15) is 57.0 Å². The van der Waals surface area contributed by atoms with Crippen LogP contribution in [0.4, 0.5) is 5.69 Å². The van der Waals surface area contributed by atoms with Gasteiger partial charge in [0.1, 0.15) is 0 Å². The van der Waals surface area contributed by atoms with E-state index >= 15 is 0 Å². The summed E-state index contributed by atoms with van der Waals surface area (Å²) in [5, 5.41) is 2.77. The standard InChI is InChI=1S/C19H26N2O4/c1-11(2)21(12(3)4)18(23)13(5)25-19(24)15-6-8-16-14(10-15)7-9-17(22)20-16/h6,8,10-13H,7,9H2,1-5H3,(H,20,22). The highest BCUT2D eigenvalue weighted by Crippen LogP contribution is 2.24. The molecule has 6 heteroatoms. The molecule has 0 aliphatic carbocycles. The van der Waals surface area contributed by atoms with Gasteiger partial charge < -0.3 is 15.0 Å². The van der Waals surface area contributed by atoms with E-state index in [9.17, 15) is 14.4 Å². The Bertz CT molecular complexity index is 674. The van der Waals surface area contributed by atoms with Gasteiger partial charge in [0, 0.05) is 24.2 Å². The summed E-state index contributed by atoms with van der Waals surface area (Å²) in [6, 6.07) is 5.08. The van der Waals surface area contributed by atoms with Gasteiger partial charge >= 0.3 is 5.97 Å². The van der Waals surface area contributed by atoms with Gasteiger partial charge in [-0.2, -0.15) is 0 Å². The molecule has 0 bridgehead atoms. The van der Waals surface area contributed by atoms with Gasteiger partial charge in [-0.25, -0.2) is 4.79 Å². The van der Waals surface area contributed by atoms with Crippen molar-refractivity contribution in [1.29, 1.82) is 0 Å². The molecular formula is C19H26N2O4. The Hall–Kier alpha value is -2.37. The van der Waals surface area contributed by atoms with Crippen molar-refractivity contribution in [3.05, 3.63) is 29.3 Å². The fourth-order valence-corrected chi connectivity index (χ4v) is 3.10. The number of carbonyl (C=O) groups excluding carboxylic acids is 3. The minimum atomic E-state index is -0.854. The number of hydrogen-bond acceptors (Lipinski definition) is 4. The average molecular weight is 346 g/mol. The molecule has 1 unspecified atom stereocenters. The third kappa shape index (κ3) is 4.38. The number of nitrogens with one attached hydrogen (secondary N) is 1. The molecule has 2 rings (SSSR count). The Morgan fingerprint density at radius 3 is 2.32 bits per heavy atom. The molecule has 1 aromatic rings. The van der Waals surface area contributed by atoms with Crippen molar-refractivity contribution in [1.82, 2.24) is 4.90 Å². The van der Waals surface area contributed by atoms with Crippen LogP contribution in [0.15, 0.2) is 18.2 Å². The van der Waals surface area contributed by atoms with Gasteiger partial charge in [0.05, 0.1) is 5.56 Å². The number of amides is 2. The van der Waals surface area contributed by atoms with Gasteiger partial charge in [0.2, 0.25) is 5.91 Å². The summed E-state index contributed by atoms with van der Waals surface area (Å²) < 4.78 is 5.37. The van der Waals surface area contributed by atoms with Crippen LogP contribution in [0.3, 0.4) is 0 Å². The number of nitrogens with zero attached hydrogens (tertiary/aromatic N) is 1. The lowest BCUT2D eigenvalue weighted by molar-refractivity contribution is -0.143. The summed E-state index contributed by atoms with van der Waals surface area (Å²) in [5.41, 5.74) is 2.01. The number of hydrogen-bond donors (Lipinski definition) is 1. The van der Waals surface area contributed by atoms with Crippen molar-refractivity contribution in [2.75, 3.05) is 5.32 Å². The average Bonchev–Trinajstić information content (AvgIpc) is 2.53. The number of aryl methyl sites for hydroxylation is 1. The smallest absolute Gasteiger partial charge is 0.338 e. The third-order valence-corrected chi connectivity index (χ3v) is 4.24. The van der Waals surface area contributed by atoms with E-state index in [0.717, 1.165) is 11.3 Å². The minimum Gasteiger partial charge on any atom is -0.449 e. The quantitative estimate of drug-likeness (QED) is 0.832. The Morgan fingerprint density at radius 2 is 1.72 bits per heavy atom. The van der Waals surface area contributed by atoms with Crippen molar-refractivity contribution < 1.29 is 19.1 Å². The molecule has 0 spiro atoms. The summed E-state index contributed by atoms with van der Waals surface area (Å²) in [7, 11) is 0. The highest BCUT2D eigenvalue weighted by molar-refractivity contribution is 5.96. The first-order chi connectivity index (χ1) is 11.7. The second-order valence-electron chi connectivity index (χ2n) is 6.90. The molecule has 1 heterocycles. The molecule has 1 atom stereocenters. The molecule has 0 fully saturated rings. The predicted octanol–water partition coefficient (Wildman–Crippen LogP) is 2.76. The molecule has 0 aromatic heterocycles. The molecule has 1 aromatic carbocycles. The first kappa shape index (κ1) is 19.0. The van der Waals surface area contributed by atoms with E-state index in [1.807, 2.05) is 27.7 Å².